The van der Waals surface area contributed by atoms with Crippen molar-refractivity contribution in [1.82, 2.24) is 15.2 Å². The van der Waals surface area contributed by atoms with Crippen LogP contribution in [0.3, 0.4) is 0 Å². The Bertz CT molecular complexity index is 725. The van der Waals surface area contributed by atoms with Gasteiger partial charge < -0.3 is 19.9 Å². The highest BCUT2D eigenvalue weighted by Crippen LogP contribution is 2.14. The van der Waals surface area contributed by atoms with Crippen LogP contribution in [0.15, 0.2) is 42.6 Å². The van der Waals surface area contributed by atoms with Gasteiger partial charge in [-0.15, -0.1) is 0 Å². The third kappa shape index (κ3) is 5.20. The van der Waals surface area contributed by atoms with Crippen LogP contribution in [0.1, 0.15) is 11.1 Å². The van der Waals surface area contributed by atoms with E-state index in [1.165, 1.54) is 0 Å². The van der Waals surface area contributed by atoms with Crippen molar-refractivity contribution in [2.45, 2.75) is 13.5 Å². The summed E-state index contributed by atoms with van der Waals surface area (Å²) in [6, 6.07) is 11.7. The molecule has 1 N–H and O–H groups in total. The third-order valence-corrected chi connectivity index (χ3v) is 4.49. The lowest BCUT2D eigenvalue weighted by Crippen LogP contribution is -2.44. The van der Waals surface area contributed by atoms with Crippen molar-refractivity contribution in [3.63, 3.8) is 0 Å². The number of piperazine rings is 1. The number of benzene rings is 1. The fourth-order valence-corrected chi connectivity index (χ4v) is 2.85. The van der Waals surface area contributed by atoms with E-state index in [-0.39, 0.29) is 12.5 Å². The number of rotatable bonds is 6. The molecule has 0 saturated carbocycles. The number of carbonyl (C=O) groups excluding carboxylic acids is 1. The summed E-state index contributed by atoms with van der Waals surface area (Å²) in [5, 5.41) is 2.86. The van der Waals surface area contributed by atoms with E-state index in [1.54, 1.807) is 0 Å². The molecular weight excluding hydrogens is 328 g/mol. The quantitative estimate of drug-likeness (QED) is 0.858. The first kappa shape index (κ1) is 18.2. The van der Waals surface area contributed by atoms with Crippen LogP contribution in [0.25, 0.3) is 0 Å². The Kier molecular flexibility index (Phi) is 6.07. The zero-order valence-electron chi connectivity index (χ0n) is 15.4. The second-order valence-electron chi connectivity index (χ2n) is 6.70. The van der Waals surface area contributed by atoms with E-state index in [0.717, 1.165) is 43.1 Å². The maximum Gasteiger partial charge on any atom is 0.258 e. The normalized spacial score (nSPS) is 14.9. The van der Waals surface area contributed by atoms with E-state index >= 15 is 0 Å². The number of likely N-dealkylation sites (N-methyl/N-ethyl adjacent to an activating group) is 1. The van der Waals surface area contributed by atoms with Gasteiger partial charge in [0.05, 0.1) is 0 Å². The highest BCUT2D eigenvalue weighted by molar-refractivity contribution is 5.77. The van der Waals surface area contributed by atoms with E-state index in [9.17, 15) is 4.79 Å². The lowest BCUT2D eigenvalue weighted by atomic mass is 10.2. The predicted octanol–water partition coefficient (Wildman–Crippen LogP) is 1.84. The molecule has 1 aliphatic heterocycles. The second-order valence-corrected chi connectivity index (χ2v) is 6.70. The molecular formula is C20H26N4O2. The molecule has 2 heterocycles. The Morgan fingerprint density at radius 1 is 1.19 bits per heavy atom. The van der Waals surface area contributed by atoms with Crippen LogP contribution in [0.5, 0.6) is 5.75 Å². The minimum atomic E-state index is -0.144. The van der Waals surface area contributed by atoms with Crippen LogP contribution in [0.4, 0.5) is 5.82 Å². The fourth-order valence-electron chi connectivity index (χ4n) is 2.85. The van der Waals surface area contributed by atoms with Gasteiger partial charge in [-0.3, -0.25) is 4.79 Å². The zero-order valence-corrected chi connectivity index (χ0v) is 15.4. The molecule has 1 saturated heterocycles. The van der Waals surface area contributed by atoms with Crippen molar-refractivity contribution < 1.29 is 9.53 Å². The summed E-state index contributed by atoms with van der Waals surface area (Å²) in [4.78, 5) is 21.1. The smallest absolute Gasteiger partial charge is 0.258 e. The number of anilines is 1. The molecule has 26 heavy (non-hydrogen) atoms. The van der Waals surface area contributed by atoms with Gasteiger partial charge in [-0.2, -0.15) is 0 Å². The van der Waals surface area contributed by atoms with Crippen LogP contribution >= 0.6 is 0 Å². The number of carbonyl (C=O) groups is 1. The topological polar surface area (TPSA) is 57.7 Å². The number of nitrogens with one attached hydrogen (secondary N) is 1. The summed E-state index contributed by atoms with van der Waals surface area (Å²) in [6.07, 6.45) is 1.83. The first-order valence-electron chi connectivity index (χ1n) is 8.95. The van der Waals surface area contributed by atoms with Gasteiger partial charge in [0, 0.05) is 38.9 Å². The third-order valence-electron chi connectivity index (χ3n) is 4.49. The van der Waals surface area contributed by atoms with Gasteiger partial charge in [0.25, 0.3) is 5.91 Å². The largest absolute Gasteiger partial charge is 0.484 e. The summed E-state index contributed by atoms with van der Waals surface area (Å²) < 4.78 is 5.51. The second kappa shape index (κ2) is 8.67. The number of hydrogen-bond acceptors (Lipinski definition) is 5. The summed E-state index contributed by atoms with van der Waals surface area (Å²) >= 11 is 0. The Morgan fingerprint density at radius 3 is 2.69 bits per heavy atom. The van der Waals surface area contributed by atoms with Crippen LogP contribution in [0.2, 0.25) is 0 Å². The minimum Gasteiger partial charge on any atom is -0.484 e. The summed E-state index contributed by atoms with van der Waals surface area (Å²) in [6.45, 7) is 6.56. The average Bonchev–Trinajstić information content (AvgIpc) is 2.66. The Labute approximate surface area is 154 Å². The number of aryl methyl sites for hydroxylation is 1. The molecule has 0 aliphatic carbocycles. The van der Waals surface area contributed by atoms with Crippen molar-refractivity contribution in [2.75, 3.05) is 44.7 Å². The van der Waals surface area contributed by atoms with Gasteiger partial charge in [0.2, 0.25) is 0 Å². The molecule has 1 amide bonds. The molecule has 138 valence electrons. The maximum absolute atomic E-state index is 12.0. The van der Waals surface area contributed by atoms with Crippen molar-refractivity contribution >= 4 is 11.7 Å². The maximum atomic E-state index is 12.0. The summed E-state index contributed by atoms with van der Waals surface area (Å²) in [7, 11) is 2.14. The molecule has 6 heteroatoms. The van der Waals surface area contributed by atoms with E-state index in [4.69, 9.17) is 4.74 Å². The first-order chi connectivity index (χ1) is 12.6. The van der Waals surface area contributed by atoms with Crippen LogP contribution in [0, 0.1) is 6.92 Å². The monoisotopic (exact) mass is 354 g/mol. The highest BCUT2D eigenvalue weighted by Gasteiger charge is 2.15. The molecule has 2 aromatic rings. The predicted molar refractivity (Wildman–Crippen MR) is 102 cm³/mol. The lowest BCUT2D eigenvalue weighted by molar-refractivity contribution is -0.123. The number of nitrogens with zero attached hydrogens (tertiary/aromatic N) is 3. The molecule has 1 aromatic carbocycles. The highest BCUT2D eigenvalue weighted by atomic mass is 16.5. The number of hydrogen-bond donors (Lipinski definition) is 1. The molecule has 0 spiro atoms. The van der Waals surface area contributed by atoms with Gasteiger partial charge in [-0.05, 0) is 43.3 Å². The molecule has 6 nitrogen and oxygen atoms in total. The average molecular weight is 354 g/mol. The van der Waals surface area contributed by atoms with Crippen molar-refractivity contribution in [1.29, 1.82) is 0 Å². The van der Waals surface area contributed by atoms with Crippen molar-refractivity contribution in [3.05, 3.63) is 53.7 Å². The molecule has 0 radical (unpaired) electrons. The molecule has 1 aliphatic rings. The van der Waals surface area contributed by atoms with Gasteiger partial charge in [0.15, 0.2) is 6.61 Å². The van der Waals surface area contributed by atoms with E-state index in [1.807, 2.05) is 49.5 Å². The number of amides is 1. The molecule has 1 fully saturated rings. The summed E-state index contributed by atoms with van der Waals surface area (Å²) in [5.74, 6) is 1.56. The van der Waals surface area contributed by atoms with Crippen molar-refractivity contribution in [3.8, 4) is 5.75 Å². The Balaban J connectivity index is 1.43. The van der Waals surface area contributed by atoms with E-state index in [0.29, 0.717) is 12.3 Å². The molecule has 0 unspecified atom stereocenters. The molecule has 3 rings (SSSR count). The van der Waals surface area contributed by atoms with Gasteiger partial charge in [-0.25, -0.2) is 4.98 Å². The van der Waals surface area contributed by atoms with Crippen molar-refractivity contribution in [2.24, 2.45) is 0 Å². The zero-order chi connectivity index (χ0) is 18.4. The van der Waals surface area contributed by atoms with Gasteiger partial charge >= 0.3 is 0 Å². The van der Waals surface area contributed by atoms with E-state index in [2.05, 4.69) is 27.1 Å². The fraction of sp³-hybridized carbons (Fsp3) is 0.400. The van der Waals surface area contributed by atoms with Crippen LogP contribution in [-0.2, 0) is 11.3 Å². The molecule has 0 bridgehead atoms. The van der Waals surface area contributed by atoms with Gasteiger partial charge in [-0.1, -0.05) is 18.2 Å². The van der Waals surface area contributed by atoms with Crippen LogP contribution in [-0.4, -0.2) is 55.6 Å². The SMILES string of the molecule is Cc1cccc(OCC(=O)NCc2ccc(N3CCN(C)CC3)nc2)c1. The Morgan fingerprint density at radius 2 is 2.00 bits per heavy atom. The number of ether oxygens (including phenoxy) is 1. The minimum absolute atomic E-state index is 0.0102. The number of aromatic nitrogens is 1. The Hall–Kier alpha value is -2.60. The lowest BCUT2D eigenvalue weighted by Gasteiger charge is -2.33. The number of pyridine rings is 1. The van der Waals surface area contributed by atoms with Crippen LogP contribution < -0.4 is 15.0 Å². The first-order valence-corrected chi connectivity index (χ1v) is 8.95. The van der Waals surface area contributed by atoms with E-state index < -0.39 is 0 Å². The molecule has 1 aromatic heterocycles. The van der Waals surface area contributed by atoms with Gasteiger partial charge in [0.1, 0.15) is 11.6 Å². The molecule has 0 atom stereocenters. The standard InChI is InChI=1S/C20H26N4O2/c1-16-4-3-5-18(12-16)26-15-20(25)22-14-17-6-7-19(21-13-17)24-10-8-23(2)9-11-24/h3-7,12-13H,8-11,14-15H2,1-2H3,(H,22,25). The summed E-state index contributed by atoms with van der Waals surface area (Å²) in [5.41, 5.74) is 2.08.